The minimum Gasteiger partial charge on any atom is -0.507 e. The second kappa shape index (κ2) is 10.4. The minimum atomic E-state index is -4.63. The van der Waals surface area contributed by atoms with Crippen LogP contribution in [0.1, 0.15) is 44.7 Å². The fourth-order valence-corrected chi connectivity index (χ4v) is 4.14. The van der Waals surface area contributed by atoms with Gasteiger partial charge in [0.15, 0.2) is 0 Å². The van der Waals surface area contributed by atoms with E-state index in [0.29, 0.717) is 41.9 Å². The van der Waals surface area contributed by atoms with E-state index in [9.17, 15) is 18.3 Å². The molecule has 34 heavy (non-hydrogen) atoms. The standard InChI is InChI=1S/C24H27ClF3N3O2S/c1-5-14-6-15(8-19(25)22(7-14)33-12-13(2)3)31-11-18(24(26,27)28)16-9-17(23(29)30-34-4)21(32)10-20(16)31/h6,8-11,13,32H,5,7,12H2,1-4H3,(H2,29,30). The highest BCUT2D eigenvalue weighted by atomic mass is 35.5. The van der Waals surface area contributed by atoms with Gasteiger partial charge in [-0.1, -0.05) is 37.9 Å². The van der Waals surface area contributed by atoms with Crippen LogP contribution in [0.2, 0.25) is 0 Å². The van der Waals surface area contributed by atoms with Crippen LogP contribution < -0.4 is 5.73 Å². The Hall–Kier alpha value is -2.52. The predicted molar refractivity (Wildman–Crippen MR) is 134 cm³/mol. The van der Waals surface area contributed by atoms with Crippen molar-refractivity contribution in [2.24, 2.45) is 16.0 Å². The zero-order chi connectivity index (χ0) is 25.2. The number of fused-ring (bicyclic) bond motifs is 1. The van der Waals surface area contributed by atoms with Crippen LogP contribution in [0.3, 0.4) is 0 Å². The Bertz CT molecular complexity index is 1210. The van der Waals surface area contributed by atoms with Crippen molar-refractivity contribution in [2.45, 2.75) is 39.8 Å². The highest BCUT2D eigenvalue weighted by Crippen LogP contribution is 2.41. The fourth-order valence-electron chi connectivity index (χ4n) is 3.61. The Kier molecular flexibility index (Phi) is 7.98. The molecule has 1 heterocycles. The topological polar surface area (TPSA) is 72.8 Å². The number of nitrogens with two attached hydrogens (primary N) is 1. The minimum absolute atomic E-state index is 0.0343. The van der Waals surface area contributed by atoms with Crippen molar-refractivity contribution in [1.29, 1.82) is 0 Å². The Labute approximate surface area is 205 Å². The number of rotatable bonds is 7. The molecule has 1 aromatic carbocycles. The lowest BCUT2D eigenvalue weighted by Gasteiger charge is -2.13. The van der Waals surface area contributed by atoms with E-state index in [-0.39, 0.29) is 28.1 Å². The summed E-state index contributed by atoms with van der Waals surface area (Å²) in [6, 6.07) is 2.48. The molecule has 0 amide bonds. The van der Waals surface area contributed by atoms with Gasteiger partial charge in [0.25, 0.3) is 0 Å². The van der Waals surface area contributed by atoms with Crippen molar-refractivity contribution in [3.63, 3.8) is 0 Å². The Morgan fingerprint density at radius 1 is 1.32 bits per heavy atom. The SMILES string of the molecule is CCC1=CC(n2cc(C(F)(F)F)c3cc(C(N)=NSC)c(O)cc32)=CC(Cl)=C(OCC(C)C)C1. The lowest BCUT2D eigenvalue weighted by molar-refractivity contribution is -0.136. The highest BCUT2D eigenvalue weighted by molar-refractivity contribution is 7.97. The van der Waals surface area contributed by atoms with Crippen LogP contribution in [-0.4, -0.2) is 28.4 Å². The van der Waals surface area contributed by atoms with E-state index in [1.807, 2.05) is 26.8 Å². The molecule has 5 nitrogen and oxygen atoms in total. The van der Waals surface area contributed by atoms with Crippen LogP contribution in [-0.2, 0) is 10.9 Å². The number of hydrogen-bond acceptors (Lipinski definition) is 4. The molecule has 1 aliphatic rings. The van der Waals surface area contributed by atoms with Gasteiger partial charge in [0, 0.05) is 36.0 Å². The van der Waals surface area contributed by atoms with Gasteiger partial charge in [-0.3, -0.25) is 0 Å². The summed E-state index contributed by atoms with van der Waals surface area (Å²) in [4.78, 5) is 0. The number of benzene rings is 1. The number of amidine groups is 1. The summed E-state index contributed by atoms with van der Waals surface area (Å²) >= 11 is 7.59. The van der Waals surface area contributed by atoms with E-state index < -0.39 is 11.7 Å². The molecule has 1 aromatic heterocycles. The molecule has 0 radical (unpaired) electrons. The summed E-state index contributed by atoms with van der Waals surface area (Å²) in [5, 5.41) is 10.8. The molecular weight excluding hydrogens is 487 g/mol. The van der Waals surface area contributed by atoms with E-state index in [4.69, 9.17) is 22.1 Å². The molecule has 184 valence electrons. The number of aromatic hydroxyl groups is 1. The number of allylic oxidation sites excluding steroid dienone is 5. The molecule has 0 fully saturated rings. The van der Waals surface area contributed by atoms with Gasteiger partial charge in [0.2, 0.25) is 0 Å². The second-order valence-corrected chi connectivity index (χ2v) is 9.29. The van der Waals surface area contributed by atoms with Crippen LogP contribution in [0.4, 0.5) is 13.2 Å². The first kappa shape index (κ1) is 26.1. The van der Waals surface area contributed by atoms with E-state index in [1.165, 1.54) is 16.7 Å². The third-order valence-corrected chi connectivity index (χ3v) is 6.00. The van der Waals surface area contributed by atoms with Crippen LogP contribution >= 0.6 is 23.5 Å². The normalized spacial score (nSPS) is 15.6. The van der Waals surface area contributed by atoms with Gasteiger partial charge in [-0.2, -0.15) is 17.6 Å². The maximum atomic E-state index is 14.0. The first-order chi connectivity index (χ1) is 16.0. The summed E-state index contributed by atoms with van der Waals surface area (Å²) in [7, 11) is 0. The first-order valence-corrected chi connectivity index (χ1v) is 12.3. The molecule has 10 heteroatoms. The number of hydrogen-bond donors (Lipinski definition) is 2. The monoisotopic (exact) mass is 513 g/mol. The number of phenols is 1. The summed E-state index contributed by atoms with van der Waals surface area (Å²) in [5.74, 6) is 0.539. The Morgan fingerprint density at radius 3 is 2.62 bits per heavy atom. The van der Waals surface area contributed by atoms with Crippen molar-refractivity contribution in [3.8, 4) is 5.75 Å². The predicted octanol–water partition coefficient (Wildman–Crippen LogP) is 7.05. The number of alkyl halides is 3. The average Bonchev–Trinajstić information content (AvgIpc) is 3.04. The van der Waals surface area contributed by atoms with Gasteiger partial charge in [0.1, 0.15) is 17.3 Å². The Balaban J connectivity index is 2.26. The zero-order valence-electron chi connectivity index (χ0n) is 19.3. The molecule has 2 aromatic rings. The van der Waals surface area contributed by atoms with Crippen molar-refractivity contribution in [3.05, 3.63) is 58.0 Å². The lowest BCUT2D eigenvalue weighted by atomic mass is 10.1. The second-order valence-electron chi connectivity index (χ2n) is 8.33. The highest BCUT2D eigenvalue weighted by Gasteiger charge is 2.35. The van der Waals surface area contributed by atoms with Crippen molar-refractivity contribution in [1.82, 2.24) is 4.57 Å². The third-order valence-electron chi connectivity index (χ3n) is 5.30. The van der Waals surface area contributed by atoms with Gasteiger partial charge < -0.3 is 20.1 Å². The molecular formula is C24H27ClF3N3O2S. The van der Waals surface area contributed by atoms with E-state index >= 15 is 0 Å². The van der Waals surface area contributed by atoms with Crippen LogP contribution in [0, 0.1) is 5.92 Å². The average molecular weight is 514 g/mol. The third kappa shape index (κ3) is 5.58. The molecule has 0 unspecified atom stereocenters. The molecule has 1 aliphatic carbocycles. The van der Waals surface area contributed by atoms with Crippen molar-refractivity contribution >= 4 is 46.0 Å². The van der Waals surface area contributed by atoms with E-state index in [2.05, 4.69) is 4.40 Å². The number of halogens is 4. The van der Waals surface area contributed by atoms with Gasteiger partial charge in [-0.05, 0) is 42.5 Å². The van der Waals surface area contributed by atoms with E-state index in [0.717, 1.165) is 23.7 Å². The van der Waals surface area contributed by atoms with Gasteiger partial charge in [-0.25, -0.2) is 0 Å². The summed E-state index contributed by atoms with van der Waals surface area (Å²) < 4.78 is 53.2. The quantitative estimate of drug-likeness (QED) is 0.236. The summed E-state index contributed by atoms with van der Waals surface area (Å²) in [5.41, 5.74) is 6.60. The van der Waals surface area contributed by atoms with Gasteiger partial charge in [-0.15, -0.1) is 0 Å². The van der Waals surface area contributed by atoms with Crippen LogP contribution in [0.15, 0.2) is 51.2 Å². The van der Waals surface area contributed by atoms with Crippen molar-refractivity contribution in [2.75, 3.05) is 12.9 Å². The first-order valence-electron chi connectivity index (χ1n) is 10.7. The summed E-state index contributed by atoms with van der Waals surface area (Å²) in [6.07, 6.45) is 2.57. The summed E-state index contributed by atoms with van der Waals surface area (Å²) in [6.45, 7) is 6.48. The number of aromatic nitrogens is 1. The van der Waals surface area contributed by atoms with Crippen LogP contribution in [0.5, 0.6) is 5.75 Å². The number of ether oxygens (including phenoxy) is 1. The molecule has 0 bridgehead atoms. The molecule has 0 saturated heterocycles. The van der Waals surface area contributed by atoms with Crippen molar-refractivity contribution < 1.29 is 23.0 Å². The molecule has 0 atom stereocenters. The van der Waals surface area contributed by atoms with E-state index in [1.54, 1.807) is 12.3 Å². The maximum Gasteiger partial charge on any atom is 0.418 e. The molecule has 0 aliphatic heterocycles. The molecule has 0 spiro atoms. The van der Waals surface area contributed by atoms with Gasteiger partial charge in [0.05, 0.1) is 28.3 Å². The van der Waals surface area contributed by atoms with Crippen LogP contribution in [0.25, 0.3) is 16.6 Å². The largest absolute Gasteiger partial charge is 0.507 e. The number of phenolic OH excluding ortho intramolecular Hbond substituents is 1. The molecule has 3 N–H and O–H groups in total. The Morgan fingerprint density at radius 2 is 2.03 bits per heavy atom. The number of nitrogens with zero attached hydrogens (tertiary/aromatic N) is 2. The fraction of sp³-hybridized carbons (Fsp3) is 0.375. The maximum absolute atomic E-state index is 14.0. The lowest BCUT2D eigenvalue weighted by Crippen LogP contribution is -2.13. The molecule has 3 rings (SSSR count). The smallest absolute Gasteiger partial charge is 0.418 e. The van der Waals surface area contributed by atoms with Gasteiger partial charge >= 0.3 is 6.18 Å². The molecule has 0 saturated carbocycles. The zero-order valence-corrected chi connectivity index (χ0v) is 20.9.